The topological polar surface area (TPSA) is 56.1 Å². The zero-order valence-corrected chi connectivity index (χ0v) is 8.33. The van der Waals surface area contributed by atoms with E-state index >= 15 is 0 Å². The van der Waals surface area contributed by atoms with Crippen LogP contribution < -0.4 is 5.32 Å². The maximum absolute atomic E-state index is 11.4. The number of carbonyl (C=O) groups excluding carboxylic acids is 1. The molecule has 1 aliphatic heterocycles. The summed E-state index contributed by atoms with van der Waals surface area (Å²) in [6.45, 7) is 4.33. The molecule has 0 fully saturated rings. The zero-order valence-electron chi connectivity index (χ0n) is 8.33. The first-order valence-electron chi connectivity index (χ1n) is 4.59. The smallest absolute Gasteiger partial charge is 0.374 e. The van der Waals surface area contributed by atoms with E-state index in [4.69, 9.17) is 0 Å². The van der Waals surface area contributed by atoms with Crippen LogP contribution in [0.3, 0.4) is 0 Å². The second-order valence-corrected chi connectivity index (χ2v) is 3.29. The number of esters is 1. The van der Waals surface area contributed by atoms with E-state index in [1.807, 2.05) is 11.5 Å². The van der Waals surface area contributed by atoms with Crippen molar-refractivity contribution in [3.63, 3.8) is 0 Å². The number of nitrogens with zero attached hydrogens (tertiary/aromatic N) is 2. The second-order valence-electron chi connectivity index (χ2n) is 3.29. The molecule has 0 aliphatic carbocycles. The first-order chi connectivity index (χ1) is 6.74. The van der Waals surface area contributed by atoms with E-state index in [2.05, 4.69) is 15.0 Å². The molecular formula is C9H13N3O2. The predicted octanol–water partition coefficient (Wildman–Crippen LogP) is 0.0813. The SMILES string of the molecule is COC(=O)c1nc(C)c2n1CCNC2. The largest absolute Gasteiger partial charge is 0.463 e. The van der Waals surface area contributed by atoms with Crippen molar-refractivity contribution in [2.45, 2.75) is 20.0 Å². The summed E-state index contributed by atoms with van der Waals surface area (Å²) in [5.74, 6) is 0.0581. The number of carbonyl (C=O) groups is 1. The van der Waals surface area contributed by atoms with Crippen LogP contribution in [0.5, 0.6) is 0 Å². The summed E-state index contributed by atoms with van der Waals surface area (Å²) in [6, 6.07) is 0. The molecule has 14 heavy (non-hydrogen) atoms. The fraction of sp³-hybridized carbons (Fsp3) is 0.556. The van der Waals surface area contributed by atoms with Gasteiger partial charge in [-0.1, -0.05) is 0 Å². The molecule has 5 nitrogen and oxygen atoms in total. The molecule has 0 radical (unpaired) electrons. The van der Waals surface area contributed by atoms with Crippen molar-refractivity contribution in [1.29, 1.82) is 0 Å². The van der Waals surface area contributed by atoms with Crippen molar-refractivity contribution in [3.05, 3.63) is 17.2 Å². The van der Waals surface area contributed by atoms with Crippen LogP contribution in [0.4, 0.5) is 0 Å². The van der Waals surface area contributed by atoms with Crippen molar-refractivity contribution in [3.8, 4) is 0 Å². The molecule has 5 heteroatoms. The van der Waals surface area contributed by atoms with Crippen LogP contribution in [0.15, 0.2) is 0 Å². The minimum Gasteiger partial charge on any atom is -0.463 e. The van der Waals surface area contributed by atoms with Gasteiger partial charge in [-0.2, -0.15) is 0 Å². The molecule has 1 aromatic rings. The summed E-state index contributed by atoms with van der Waals surface area (Å²) < 4.78 is 6.60. The highest BCUT2D eigenvalue weighted by Crippen LogP contribution is 2.14. The number of hydrogen-bond acceptors (Lipinski definition) is 4. The van der Waals surface area contributed by atoms with Gasteiger partial charge in [0, 0.05) is 19.6 Å². The standard InChI is InChI=1S/C9H13N3O2/c1-6-7-5-10-3-4-12(7)8(11-6)9(13)14-2/h10H,3-5H2,1-2H3. The van der Waals surface area contributed by atoms with Crippen molar-refractivity contribution in [2.24, 2.45) is 0 Å². The molecule has 0 unspecified atom stereocenters. The van der Waals surface area contributed by atoms with E-state index in [0.29, 0.717) is 5.82 Å². The third-order valence-corrected chi connectivity index (χ3v) is 2.45. The summed E-state index contributed by atoms with van der Waals surface area (Å²) in [4.78, 5) is 15.6. The third kappa shape index (κ3) is 1.29. The van der Waals surface area contributed by atoms with Gasteiger partial charge in [-0.3, -0.25) is 0 Å². The van der Waals surface area contributed by atoms with Gasteiger partial charge in [-0.25, -0.2) is 9.78 Å². The van der Waals surface area contributed by atoms with Crippen LogP contribution in [0, 0.1) is 6.92 Å². The first kappa shape index (κ1) is 9.21. The molecule has 0 aromatic carbocycles. The normalized spacial score (nSPS) is 15.0. The second kappa shape index (κ2) is 3.42. The maximum Gasteiger partial charge on any atom is 0.374 e. The van der Waals surface area contributed by atoms with Gasteiger partial charge < -0.3 is 14.6 Å². The van der Waals surface area contributed by atoms with E-state index in [0.717, 1.165) is 31.0 Å². The number of ether oxygens (including phenoxy) is 1. The Balaban J connectivity index is 2.46. The average Bonchev–Trinajstić information content (AvgIpc) is 2.56. The molecule has 1 aromatic heterocycles. The highest BCUT2D eigenvalue weighted by atomic mass is 16.5. The van der Waals surface area contributed by atoms with E-state index in [1.54, 1.807) is 0 Å². The first-order valence-corrected chi connectivity index (χ1v) is 4.59. The van der Waals surface area contributed by atoms with Crippen molar-refractivity contribution in [2.75, 3.05) is 13.7 Å². The average molecular weight is 195 g/mol. The van der Waals surface area contributed by atoms with Gasteiger partial charge in [0.25, 0.3) is 0 Å². The van der Waals surface area contributed by atoms with E-state index in [9.17, 15) is 4.79 Å². The van der Waals surface area contributed by atoms with Gasteiger partial charge in [-0.15, -0.1) is 0 Å². The van der Waals surface area contributed by atoms with Crippen LogP contribution in [0.25, 0.3) is 0 Å². The van der Waals surface area contributed by atoms with Gasteiger partial charge in [-0.05, 0) is 6.92 Å². The molecule has 0 spiro atoms. The predicted molar refractivity (Wildman–Crippen MR) is 50.0 cm³/mol. The van der Waals surface area contributed by atoms with Gasteiger partial charge in [0.05, 0.1) is 18.5 Å². The molecule has 0 atom stereocenters. The number of aromatic nitrogens is 2. The van der Waals surface area contributed by atoms with Crippen molar-refractivity contribution >= 4 is 5.97 Å². The van der Waals surface area contributed by atoms with Crippen LogP contribution in [-0.4, -0.2) is 29.2 Å². The summed E-state index contributed by atoms with van der Waals surface area (Å²) in [7, 11) is 1.38. The lowest BCUT2D eigenvalue weighted by Gasteiger charge is -2.17. The highest BCUT2D eigenvalue weighted by molar-refractivity contribution is 5.85. The minimum atomic E-state index is -0.360. The monoisotopic (exact) mass is 195 g/mol. The zero-order chi connectivity index (χ0) is 10.1. The number of rotatable bonds is 1. The summed E-state index contributed by atoms with van der Waals surface area (Å²) in [5.41, 5.74) is 1.98. The quantitative estimate of drug-likeness (QED) is 0.645. The molecule has 1 aliphatic rings. The molecular weight excluding hydrogens is 182 g/mol. The number of methoxy groups -OCH3 is 1. The van der Waals surface area contributed by atoms with E-state index in [1.165, 1.54) is 7.11 Å². The third-order valence-electron chi connectivity index (χ3n) is 2.45. The Morgan fingerprint density at radius 1 is 1.64 bits per heavy atom. The molecule has 76 valence electrons. The van der Waals surface area contributed by atoms with Crippen LogP contribution in [0.2, 0.25) is 0 Å². The number of nitrogens with one attached hydrogen (secondary N) is 1. The minimum absolute atomic E-state index is 0.360. The maximum atomic E-state index is 11.4. The lowest BCUT2D eigenvalue weighted by atomic mass is 10.3. The van der Waals surface area contributed by atoms with Gasteiger partial charge >= 0.3 is 5.97 Å². The molecule has 0 saturated carbocycles. The van der Waals surface area contributed by atoms with Gasteiger partial charge in [0.15, 0.2) is 0 Å². The van der Waals surface area contributed by atoms with E-state index in [-0.39, 0.29) is 5.97 Å². The lowest BCUT2D eigenvalue weighted by molar-refractivity contribution is 0.0580. The number of imidazole rings is 1. The highest BCUT2D eigenvalue weighted by Gasteiger charge is 2.21. The molecule has 0 amide bonds. The Morgan fingerprint density at radius 3 is 3.14 bits per heavy atom. The summed E-state index contributed by atoms with van der Waals surface area (Å²) >= 11 is 0. The fourth-order valence-corrected chi connectivity index (χ4v) is 1.72. The van der Waals surface area contributed by atoms with Crippen molar-refractivity contribution < 1.29 is 9.53 Å². The Labute approximate surface area is 82.1 Å². The molecule has 0 bridgehead atoms. The molecule has 2 heterocycles. The Hall–Kier alpha value is -1.36. The van der Waals surface area contributed by atoms with Crippen LogP contribution in [-0.2, 0) is 17.8 Å². The van der Waals surface area contributed by atoms with Crippen LogP contribution >= 0.6 is 0 Å². The Morgan fingerprint density at radius 2 is 2.43 bits per heavy atom. The van der Waals surface area contributed by atoms with Crippen LogP contribution in [0.1, 0.15) is 22.0 Å². The molecule has 1 N–H and O–H groups in total. The van der Waals surface area contributed by atoms with Gasteiger partial charge in [0.1, 0.15) is 0 Å². The summed E-state index contributed by atoms with van der Waals surface area (Å²) in [5, 5.41) is 3.24. The number of fused-ring (bicyclic) bond motifs is 1. The Kier molecular flexibility index (Phi) is 2.25. The number of aryl methyl sites for hydroxylation is 1. The van der Waals surface area contributed by atoms with E-state index < -0.39 is 0 Å². The molecule has 2 rings (SSSR count). The Bertz CT molecular complexity index is 370. The fourth-order valence-electron chi connectivity index (χ4n) is 1.72. The molecule has 0 saturated heterocycles. The lowest BCUT2D eigenvalue weighted by Crippen LogP contribution is -2.30. The van der Waals surface area contributed by atoms with Crippen molar-refractivity contribution in [1.82, 2.24) is 14.9 Å². The number of hydrogen-bond donors (Lipinski definition) is 1. The summed E-state index contributed by atoms with van der Waals surface area (Å²) in [6.07, 6.45) is 0. The van der Waals surface area contributed by atoms with Gasteiger partial charge in [0.2, 0.25) is 5.82 Å².